The third-order valence-electron chi connectivity index (χ3n) is 5.29. The predicted molar refractivity (Wildman–Crippen MR) is 122 cm³/mol. The van der Waals surface area contributed by atoms with Crippen LogP contribution in [0, 0.1) is 13.8 Å². The minimum Gasteiger partial charge on any atom is -0.478 e. The highest BCUT2D eigenvalue weighted by Gasteiger charge is 2.21. The second-order valence-electron chi connectivity index (χ2n) is 7.48. The lowest BCUT2D eigenvalue weighted by atomic mass is 10.1. The van der Waals surface area contributed by atoms with Crippen molar-refractivity contribution < 1.29 is 9.53 Å². The summed E-state index contributed by atoms with van der Waals surface area (Å²) in [5, 5.41) is 7.21. The first-order valence-corrected chi connectivity index (χ1v) is 10.9. The molecule has 1 aliphatic rings. The normalized spacial score (nSPS) is 14.4. The molecule has 0 spiro atoms. The molecule has 2 N–H and O–H groups in total. The number of hydrogen-bond acceptors (Lipinski definition) is 8. The fraction of sp³-hybridized carbons (Fsp3) is 0.333. The fourth-order valence-electron chi connectivity index (χ4n) is 3.91. The number of nitrogens with zero attached hydrogens (tertiary/aromatic N) is 5. The largest absolute Gasteiger partial charge is 0.478 e. The van der Waals surface area contributed by atoms with Gasteiger partial charge in [-0.25, -0.2) is 9.97 Å². The van der Waals surface area contributed by atoms with Crippen LogP contribution in [-0.4, -0.2) is 58.5 Å². The number of amides is 1. The van der Waals surface area contributed by atoms with E-state index in [0.717, 1.165) is 52.8 Å². The van der Waals surface area contributed by atoms with Gasteiger partial charge in [-0.2, -0.15) is 4.98 Å². The summed E-state index contributed by atoms with van der Waals surface area (Å²) in [5.74, 6) is 0.487. The van der Waals surface area contributed by atoms with Crippen molar-refractivity contribution in [2.45, 2.75) is 13.8 Å². The molecule has 10 heteroatoms. The van der Waals surface area contributed by atoms with Gasteiger partial charge in [0.15, 0.2) is 5.82 Å². The van der Waals surface area contributed by atoms with Crippen LogP contribution in [-0.2, 0) is 0 Å². The van der Waals surface area contributed by atoms with Crippen molar-refractivity contribution in [3.63, 3.8) is 0 Å². The zero-order valence-corrected chi connectivity index (χ0v) is 18.4. The van der Waals surface area contributed by atoms with Crippen LogP contribution < -0.4 is 20.3 Å². The van der Waals surface area contributed by atoms with Gasteiger partial charge in [-0.3, -0.25) is 9.20 Å². The van der Waals surface area contributed by atoms with Gasteiger partial charge in [-0.05, 0) is 26.0 Å². The molecule has 0 aliphatic carbocycles. The Bertz CT molecular complexity index is 1290. The van der Waals surface area contributed by atoms with E-state index in [9.17, 15) is 4.79 Å². The Kier molecular flexibility index (Phi) is 4.95. The van der Waals surface area contributed by atoms with Gasteiger partial charge in [-0.1, -0.05) is 0 Å². The maximum absolute atomic E-state index is 13.2. The van der Waals surface area contributed by atoms with Crippen LogP contribution in [0.15, 0.2) is 24.5 Å². The molecule has 1 amide bonds. The lowest BCUT2D eigenvalue weighted by Crippen LogP contribution is -2.43. The van der Waals surface area contributed by atoms with Gasteiger partial charge >= 0.3 is 0 Å². The molecule has 1 aromatic carbocycles. The number of thiazole rings is 1. The Balaban J connectivity index is 1.51. The van der Waals surface area contributed by atoms with Gasteiger partial charge in [0.2, 0.25) is 5.65 Å². The van der Waals surface area contributed by atoms with Crippen molar-refractivity contribution in [2.75, 3.05) is 43.5 Å². The molecule has 1 fully saturated rings. The van der Waals surface area contributed by atoms with Gasteiger partial charge in [0, 0.05) is 32.4 Å². The highest BCUT2D eigenvalue weighted by atomic mass is 32.1. The Hall–Kier alpha value is -3.24. The van der Waals surface area contributed by atoms with Crippen molar-refractivity contribution in [3.8, 4) is 5.88 Å². The van der Waals surface area contributed by atoms with Crippen molar-refractivity contribution in [1.29, 1.82) is 0 Å². The molecular weight excluding hydrogens is 414 g/mol. The fourth-order valence-corrected chi connectivity index (χ4v) is 4.90. The number of piperazine rings is 1. The van der Waals surface area contributed by atoms with Gasteiger partial charge in [0.25, 0.3) is 11.8 Å². The number of aryl methyl sites for hydroxylation is 2. The SMILES string of the molecule is COc1nc(NC(=O)c2ccc(N3CCNCC3)c3sc(C)nc23)cn2cc(C)nc12. The molecule has 4 heterocycles. The lowest BCUT2D eigenvalue weighted by Gasteiger charge is -2.29. The highest BCUT2D eigenvalue weighted by molar-refractivity contribution is 7.19. The maximum Gasteiger partial charge on any atom is 0.260 e. The smallest absolute Gasteiger partial charge is 0.260 e. The van der Waals surface area contributed by atoms with Crippen LogP contribution in [0.2, 0.25) is 0 Å². The third kappa shape index (κ3) is 3.57. The number of nitrogens with one attached hydrogen (secondary N) is 2. The van der Waals surface area contributed by atoms with Crippen molar-refractivity contribution in [1.82, 2.24) is 24.7 Å². The number of carbonyl (C=O) groups excluding carboxylic acids is 1. The Labute approximate surface area is 183 Å². The molecule has 9 nitrogen and oxygen atoms in total. The van der Waals surface area contributed by atoms with E-state index in [2.05, 4.69) is 30.5 Å². The third-order valence-corrected chi connectivity index (χ3v) is 6.29. The van der Waals surface area contributed by atoms with Gasteiger partial charge in [0.05, 0.1) is 45.5 Å². The monoisotopic (exact) mass is 437 g/mol. The quantitative estimate of drug-likeness (QED) is 0.507. The first kappa shape index (κ1) is 19.7. The number of rotatable bonds is 4. The molecule has 0 bridgehead atoms. The topological polar surface area (TPSA) is 96.7 Å². The standard InChI is InChI=1S/C21H23N7O2S/c1-12-10-28-11-16(26-21(30-3)19(28)23-12)25-20(29)14-4-5-15(27-8-6-22-7-9-27)18-17(14)24-13(2)31-18/h4-5,10-11,22H,6-9H2,1-3H3,(H,25,29). The Morgan fingerprint density at radius 1 is 1.16 bits per heavy atom. The van der Waals surface area contributed by atoms with Crippen molar-refractivity contribution in [3.05, 3.63) is 40.8 Å². The van der Waals surface area contributed by atoms with E-state index in [1.165, 1.54) is 7.11 Å². The summed E-state index contributed by atoms with van der Waals surface area (Å²) in [5.41, 5.74) is 3.83. The second-order valence-corrected chi connectivity index (χ2v) is 8.69. The molecule has 1 saturated heterocycles. The Morgan fingerprint density at radius 3 is 2.74 bits per heavy atom. The number of benzene rings is 1. The highest BCUT2D eigenvalue weighted by Crippen LogP contribution is 2.34. The van der Waals surface area contributed by atoms with Crippen LogP contribution in [0.1, 0.15) is 21.1 Å². The summed E-state index contributed by atoms with van der Waals surface area (Å²) < 4.78 is 8.20. The average Bonchev–Trinajstić information content (AvgIpc) is 3.34. The number of aromatic nitrogens is 4. The van der Waals surface area contributed by atoms with Crippen molar-refractivity contribution in [2.24, 2.45) is 0 Å². The molecule has 0 saturated carbocycles. The molecular formula is C21H23N7O2S. The first-order chi connectivity index (χ1) is 15.0. The van der Waals surface area contributed by atoms with Crippen LogP contribution in [0.4, 0.5) is 11.5 Å². The molecule has 160 valence electrons. The number of ether oxygens (including phenoxy) is 1. The molecule has 31 heavy (non-hydrogen) atoms. The zero-order valence-electron chi connectivity index (χ0n) is 17.6. The minimum atomic E-state index is -0.257. The molecule has 5 rings (SSSR count). The lowest BCUT2D eigenvalue weighted by molar-refractivity contribution is 0.102. The van der Waals surface area contributed by atoms with Crippen molar-refractivity contribution >= 4 is 44.6 Å². The summed E-state index contributed by atoms with van der Waals surface area (Å²) in [4.78, 5) is 29.0. The molecule has 0 unspecified atom stereocenters. The summed E-state index contributed by atoms with van der Waals surface area (Å²) in [6.07, 6.45) is 3.59. The van der Waals surface area contributed by atoms with Gasteiger partial charge in [-0.15, -0.1) is 11.3 Å². The minimum absolute atomic E-state index is 0.257. The number of methoxy groups -OCH3 is 1. The van der Waals surface area contributed by atoms with Crippen LogP contribution in [0.5, 0.6) is 5.88 Å². The summed E-state index contributed by atoms with van der Waals surface area (Å²) in [7, 11) is 1.54. The molecule has 3 aromatic heterocycles. The van der Waals surface area contributed by atoms with E-state index >= 15 is 0 Å². The van der Waals surface area contributed by atoms with Gasteiger partial charge in [0.1, 0.15) is 0 Å². The Morgan fingerprint density at radius 2 is 1.97 bits per heavy atom. The number of anilines is 2. The summed E-state index contributed by atoms with van der Waals surface area (Å²) in [6, 6.07) is 3.88. The maximum atomic E-state index is 13.2. The van der Waals surface area contributed by atoms with E-state index in [0.29, 0.717) is 22.9 Å². The van der Waals surface area contributed by atoms with Crippen LogP contribution in [0.3, 0.4) is 0 Å². The van der Waals surface area contributed by atoms with E-state index < -0.39 is 0 Å². The summed E-state index contributed by atoms with van der Waals surface area (Å²) in [6.45, 7) is 7.63. The van der Waals surface area contributed by atoms with E-state index in [1.807, 2.05) is 32.2 Å². The average molecular weight is 438 g/mol. The molecule has 0 radical (unpaired) electrons. The molecule has 1 aliphatic heterocycles. The number of hydrogen-bond donors (Lipinski definition) is 2. The first-order valence-electron chi connectivity index (χ1n) is 10.1. The van der Waals surface area contributed by atoms with Crippen LogP contribution in [0.25, 0.3) is 15.9 Å². The summed E-state index contributed by atoms with van der Waals surface area (Å²) >= 11 is 1.62. The predicted octanol–water partition coefficient (Wildman–Crippen LogP) is 2.63. The van der Waals surface area contributed by atoms with E-state index in [-0.39, 0.29) is 5.91 Å². The van der Waals surface area contributed by atoms with E-state index in [1.54, 1.807) is 21.9 Å². The number of fused-ring (bicyclic) bond motifs is 2. The number of carbonyl (C=O) groups is 1. The second kappa shape index (κ2) is 7.78. The van der Waals surface area contributed by atoms with Gasteiger partial charge < -0.3 is 20.3 Å². The zero-order chi connectivity index (χ0) is 21.5. The molecule has 4 aromatic rings. The number of imidazole rings is 1. The van der Waals surface area contributed by atoms with E-state index in [4.69, 9.17) is 4.74 Å². The molecule has 0 atom stereocenters. The van der Waals surface area contributed by atoms with Crippen LogP contribution >= 0.6 is 11.3 Å².